The Balaban J connectivity index is 0.000000856. The van der Waals surface area contributed by atoms with Crippen LogP contribution in [0.15, 0.2) is 53.0 Å². The highest BCUT2D eigenvalue weighted by molar-refractivity contribution is 9.10. The first-order chi connectivity index (χ1) is 28.6. The van der Waals surface area contributed by atoms with Gasteiger partial charge in [0.15, 0.2) is 24.4 Å². The zero-order valence-electron chi connectivity index (χ0n) is 33.9. The van der Waals surface area contributed by atoms with E-state index in [1.807, 2.05) is 24.3 Å². The first kappa shape index (κ1) is 57.0. The normalized spacial score (nSPS) is 21.6. The lowest BCUT2D eigenvalue weighted by Gasteiger charge is -2.20. The number of carbonyl (C=O) groups is 6. The third-order valence-corrected chi connectivity index (χ3v) is 10.3. The molecule has 8 atom stereocenters. The Bertz CT molecular complexity index is 1750. The van der Waals surface area contributed by atoms with Gasteiger partial charge < -0.3 is 66.5 Å². The SMILES string of the molecule is C.COC(=O)[C@@]1(N)CC[C@@H](c2ccc(Br)cc2)C1.COCCCCC#Cc1ccc([C@@H]2CC[C@](N)(C(=O)OC)C2)cc1.O=C(O)[C@H](O)[C@@H](O)C(=O)O.O=C(O)[C@H](O)[C@@H](O)C(=O)O. The van der Waals surface area contributed by atoms with E-state index in [0.29, 0.717) is 37.5 Å². The van der Waals surface area contributed by atoms with Gasteiger partial charge in [0.25, 0.3) is 0 Å². The summed E-state index contributed by atoms with van der Waals surface area (Å²) in [5, 5.41) is 65.1. The van der Waals surface area contributed by atoms with Crippen LogP contribution in [0, 0.1) is 11.8 Å². The van der Waals surface area contributed by atoms with Crippen LogP contribution in [0.2, 0.25) is 0 Å². The summed E-state index contributed by atoms with van der Waals surface area (Å²) in [5.74, 6) is -0.617. The van der Waals surface area contributed by atoms with E-state index in [0.717, 1.165) is 48.7 Å². The first-order valence-corrected chi connectivity index (χ1v) is 19.6. The summed E-state index contributed by atoms with van der Waals surface area (Å²) in [6, 6.07) is 16.5. The summed E-state index contributed by atoms with van der Waals surface area (Å²) in [7, 11) is 4.51. The van der Waals surface area contributed by atoms with Crippen LogP contribution < -0.4 is 11.5 Å². The molecule has 0 amide bonds. The van der Waals surface area contributed by atoms with Gasteiger partial charge in [0, 0.05) is 30.2 Å². The quantitative estimate of drug-likeness (QED) is 0.0735. The van der Waals surface area contributed by atoms with Gasteiger partial charge in [-0.05, 0) is 98.6 Å². The van der Waals surface area contributed by atoms with Crippen molar-refractivity contribution < 1.29 is 83.8 Å². The van der Waals surface area contributed by atoms with Gasteiger partial charge in [-0.25, -0.2) is 19.2 Å². The van der Waals surface area contributed by atoms with Gasteiger partial charge in [-0.1, -0.05) is 59.5 Å². The molecule has 2 aromatic carbocycles. The van der Waals surface area contributed by atoms with Crippen molar-refractivity contribution in [3.63, 3.8) is 0 Å². The molecule has 0 aliphatic heterocycles. The largest absolute Gasteiger partial charge is 0.479 e. The molecule has 0 saturated heterocycles. The van der Waals surface area contributed by atoms with Crippen LogP contribution in [-0.2, 0) is 43.0 Å². The standard InChI is InChI=1S/C20H27NO3.C13H16BrNO2.2C4H6O6.CH4/c1-23-14-6-4-3-5-7-16-8-10-17(11-9-16)18-12-13-20(21,15-18)19(22)24-2;1-17-12(16)13(15)7-6-10(8-13)9-2-4-11(14)5-3-9;2*5-1(3(7)8)2(6)4(9)10;/h8-11,18H,3-4,6,12-15,21H2,1-2H3;2-5,10H,6-8,15H2,1H3;2*1-2,5-6H,(H,7,8)(H,9,10);1H4/t18-,20-;10-,13-;2*1-,2-;/m1111./s1. The summed E-state index contributed by atoms with van der Waals surface area (Å²) < 4.78 is 15.7. The molecule has 0 aromatic heterocycles. The fraction of sp³-hybridized carbons (Fsp3) is 0.524. The van der Waals surface area contributed by atoms with Gasteiger partial charge in [0.1, 0.15) is 11.1 Å². The second kappa shape index (κ2) is 27.9. The Morgan fingerprint density at radius 3 is 1.34 bits per heavy atom. The number of aliphatic hydroxyl groups excluding tert-OH is 4. The summed E-state index contributed by atoms with van der Waals surface area (Å²) >= 11 is 3.41. The Kier molecular flexibility index (Phi) is 25.6. The number of rotatable bonds is 14. The van der Waals surface area contributed by atoms with Crippen LogP contribution in [0.5, 0.6) is 0 Å². The second-order valence-electron chi connectivity index (χ2n) is 14.2. The topological polar surface area (TPSA) is 344 Å². The molecule has 2 aromatic rings. The number of ether oxygens (including phenoxy) is 3. The summed E-state index contributed by atoms with van der Waals surface area (Å²) in [5.41, 5.74) is 14.1. The molecule has 0 heterocycles. The monoisotopic (exact) mass is 942 g/mol. The number of carboxylic acid groups (broad SMARTS) is 4. The lowest BCUT2D eigenvalue weighted by Crippen LogP contribution is -2.46. The minimum atomic E-state index is -2.27. The molecule has 2 aliphatic rings. The van der Waals surface area contributed by atoms with Crippen molar-refractivity contribution in [1.29, 1.82) is 0 Å². The average molecular weight is 944 g/mol. The summed E-state index contributed by atoms with van der Waals surface area (Å²) in [4.78, 5) is 62.5. The molecule has 0 spiro atoms. The number of aliphatic carboxylic acids is 4. The molecule has 62 heavy (non-hydrogen) atoms. The third-order valence-electron chi connectivity index (χ3n) is 9.75. The maximum Gasteiger partial charge on any atom is 0.335 e. The van der Waals surface area contributed by atoms with Crippen molar-refractivity contribution >= 4 is 51.7 Å². The number of carbonyl (C=O) groups excluding carboxylic acids is 2. The lowest BCUT2D eigenvalue weighted by molar-refractivity contribution is -0.165. The van der Waals surface area contributed by atoms with Crippen LogP contribution in [-0.4, -0.2) is 140 Å². The first-order valence-electron chi connectivity index (χ1n) is 18.8. The number of methoxy groups -OCH3 is 3. The molecule has 12 N–H and O–H groups in total. The predicted octanol–water partition coefficient (Wildman–Crippen LogP) is 1.97. The molecular weight excluding hydrogens is 884 g/mol. The van der Waals surface area contributed by atoms with Crippen LogP contribution in [0.3, 0.4) is 0 Å². The van der Waals surface area contributed by atoms with E-state index >= 15 is 0 Å². The fourth-order valence-corrected chi connectivity index (χ4v) is 6.50. The maximum absolute atomic E-state index is 11.8. The Hall–Kier alpha value is -4.98. The number of hydrogen-bond acceptors (Lipinski definition) is 15. The van der Waals surface area contributed by atoms with Crippen molar-refractivity contribution in [2.45, 2.75) is 113 Å². The van der Waals surface area contributed by atoms with Crippen LogP contribution >= 0.6 is 15.9 Å². The van der Waals surface area contributed by atoms with Crippen molar-refractivity contribution in [2.24, 2.45) is 11.5 Å². The number of nitrogens with two attached hydrogens (primary N) is 2. The number of carboxylic acids is 4. The highest BCUT2D eigenvalue weighted by Crippen LogP contribution is 2.41. The Morgan fingerprint density at radius 2 is 1.02 bits per heavy atom. The number of hydrogen-bond donors (Lipinski definition) is 10. The van der Waals surface area contributed by atoms with E-state index in [-0.39, 0.29) is 19.4 Å². The van der Waals surface area contributed by atoms with Crippen LogP contribution in [0.4, 0.5) is 0 Å². The van der Waals surface area contributed by atoms with Crippen LogP contribution in [0.1, 0.15) is 93.7 Å². The van der Waals surface area contributed by atoms with Gasteiger partial charge in [-0.15, -0.1) is 0 Å². The zero-order valence-corrected chi connectivity index (χ0v) is 35.5. The van der Waals surface area contributed by atoms with Crippen LogP contribution in [0.25, 0.3) is 0 Å². The fourth-order valence-electron chi connectivity index (χ4n) is 6.24. The molecule has 2 fully saturated rings. The molecule has 0 unspecified atom stereocenters. The van der Waals surface area contributed by atoms with Gasteiger partial charge in [0.05, 0.1) is 14.2 Å². The van der Waals surface area contributed by atoms with Crippen molar-refractivity contribution in [1.82, 2.24) is 0 Å². The second-order valence-corrected chi connectivity index (χ2v) is 15.1. The Morgan fingerprint density at radius 1 is 0.661 bits per heavy atom. The minimum Gasteiger partial charge on any atom is -0.479 e. The number of halogens is 1. The molecule has 346 valence electrons. The minimum absolute atomic E-state index is 0. The van der Waals surface area contributed by atoms with Gasteiger partial charge >= 0.3 is 35.8 Å². The molecule has 0 bridgehead atoms. The molecule has 20 heteroatoms. The highest BCUT2D eigenvalue weighted by atomic mass is 79.9. The van der Waals surface area contributed by atoms with E-state index < -0.39 is 59.4 Å². The molecule has 0 radical (unpaired) electrons. The maximum atomic E-state index is 11.8. The molecule has 2 aliphatic carbocycles. The Labute approximate surface area is 368 Å². The van der Waals surface area contributed by atoms with Gasteiger partial charge in [-0.3, -0.25) is 9.59 Å². The van der Waals surface area contributed by atoms with E-state index in [4.69, 9.17) is 66.5 Å². The van der Waals surface area contributed by atoms with E-state index in [2.05, 4.69) is 52.0 Å². The van der Waals surface area contributed by atoms with Crippen molar-refractivity contribution in [2.75, 3.05) is 27.9 Å². The van der Waals surface area contributed by atoms with Crippen molar-refractivity contribution in [3.8, 4) is 11.8 Å². The number of esters is 2. The smallest absolute Gasteiger partial charge is 0.335 e. The van der Waals surface area contributed by atoms with Gasteiger partial charge in [0.2, 0.25) is 0 Å². The summed E-state index contributed by atoms with van der Waals surface area (Å²) in [6.07, 6.45) is -1.53. The van der Waals surface area contributed by atoms with Gasteiger partial charge in [-0.2, -0.15) is 0 Å². The van der Waals surface area contributed by atoms with E-state index in [1.54, 1.807) is 7.11 Å². The van der Waals surface area contributed by atoms with Crippen molar-refractivity contribution in [3.05, 3.63) is 69.7 Å². The van der Waals surface area contributed by atoms with E-state index in [9.17, 15) is 28.8 Å². The average Bonchev–Trinajstić information content (AvgIpc) is 3.85. The number of benzene rings is 2. The van der Waals surface area contributed by atoms with E-state index in [1.165, 1.54) is 25.3 Å². The third kappa shape index (κ3) is 18.6. The molecule has 2 saturated carbocycles. The predicted molar refractivity (Wildman–Crippen MR) is 226 cm³/mol. The lowest BCUT2D eigenvalue weighted by atomic mass is 9.92. The molecule has 4 rings (SSSR count). The highest BCUT2D eigenvalue weighted by Gasteiger charge is 2.44. The number of unbranched alkanes of at least 4 members (excludes halogenated alkanes) is 2. The number of aliphatic hydroxyl groups is 4. The zero-order chi connectivity index (χ0) is 46.5. The molecule has 19 nitrogen and oxygen atoms in total. The summed E-state index contributed by atoms with van der Waals surface area (Å²) in [6.45, 7) is 0.798. The molecular formula is C42H59BrN2O17.